The lowest BCUT2D eigenvalue weighted by molar-refractivity contribution is 0.0995. The zero-order valence-electron chi connectivity index (χ0n) is 21.5. The van der Waals surface area contributed by atoms with Crippen molar-refractivity contribution in [3.05, 3.63) is 93.7 Å². The number of pyridine rings is 1. The molecule has 0 atom stereocenters. The molecule has 3 aromatic heterocycles. The van der Waals surface area contributed by atoms with Crippen molar-refractivity contribution in [3.63, 3.8) is 0 Å². The summed E-state index contributed by atoms with van der Waals surface area (Å²) in [5.74, 6) is -0.399. The van der Waals surface area contributed by atoms with Gasteiger partial charge in [0.15, 0.2) is 5.69 Å². The van der Waals surface area contributed by atoms with E-state index in [0.717, 1.165) is 22.2 Å². The van der Waals surface area contributed by atoms with Crippen LogP contribution in [0.1, 0.15) is 39.2 Å². The Kier molecular flexibility index (Phi) is 6.20. The summed E-state index contributed by atoms with van der Waals surface area (Å²) in [4.78, 5) is 42.0. The van der Waals surface area contributed by atoms with E-state index in [-0.39, 0.29) is 17.2 Å². The van der Waals surface area contributed by atoms with Crippen LogP contribution in [0.5, 0.6) is 0 Å². The third-order valence-corrected chi connectivity index (χ3v) is 6.53. The van der Waals surface area contributed by atoms with Crippen LogP contribution in [0.2, 0.25) is 0 Å². The molecule has 5 rings (SSSR count). The summed E-state index contributed by atoms with van der Waals surface area (Å²) < 4.78 is 8.70. The number of hydrogen-bond acceptors (Lipinski definition) is 5. The minimum absolute atomic E-state index is 0.184. The summed E-state index contributed by atoms with van der Waals surface area (Å²) in [5.41, 5.74) is 10.8. The van der Waals surface area contributed by atoms with E-state index in [0.29, 0.717) is 40.3 Å². The number of primary amides is 1. The molecule has 0 saturated carbocycles. The number of fused-ring (bicyclic) bond motifs is 1. The fraction of sp³-hybridized carbons (Fsp3) is 0.172. The standard InChI is InChI=1S/C29H27N5O4/c1-5-34-23(18-9-11-19(12-10-18)24-17(3)38-33(4)29(24)37)15-21-13-16(2)31-25(26(21)34)28(36)32-22-8-6-7-20(14-22)27(30)35/h6-15H,5H2,1-4H3,(H2,30,35)(H,32,36). The van der Waals surface area contributed by atoms with Crippen molar-refractivity contribution in [2.75, 3.05) is 5.32 Å². The number of aromatic nitrogens is 3. The lowest BCUT2D eigenvalue weighted by Gasteiger charge is -2.12. The molecule has 0 spiro atoms. The van der Waals surface area contributed by atoms with E-state index >= 15 is 0 Å². The number of aryl methyl sites for hydroxylation is 4. The smallest absolute Gasteiger partial charge is 0.290 e. The maximum Gasteiger partial charge on any atom is 0.290 e. The van der Waals surface area contributed by atoms with E-state index in [1.165, 1.54) is 10.8 Å². The first-order valence-corrected chi connectivity index (χ1v) is 12.2. The molecule has 0 aliphatic heterocycles. The van der Waals surface area contributed by atoms with Gasteiger partial charge in [0.25, 0.3) is 11.5 Å². The van der Waals surface area contributed by atoms with Crippen LogP contribution in [0.4, 0.5) is 5.69 Å². The molecule has 0 unspecified atom stereocenters. The molecule has 192 valence electrons. The lowest BCUT2D eigenvalue weighted by Crippen LogP contribution is -2.17. The quantitative estimate of drug-likeness (QED) is 0.345. The largest absolute Gasteiger partial charge is 0.381 e. The Morgan fingerprint density at radius 2 is 1.74 bits per heavy atom. The second kappa shape index (κ2) is 9.51. The predicted molar refractivity (Wildman–Crippen MR) is 146 cm³/mol. The molecule has 0 saturated heterocycles. The van der Waals surface area contributed by atoms with Crippen molar-refractivity contribution in [2.45, 2.75) is 27.3 Å². The highest BCUT2D eigenvalue weighted by molar-refractivity contribution is 6.12. The highest BCUT2D eigenvalue weighted by Crippen LogP contribution is 2.32. The van der Waals surface area contributed by atoms with Gasteiger partial charge in [0, 0.05) is 41.6 Å². The van der Waals surface area contributed by atoms with Gasteiger partial charge >= 0.3 is 0 Å². The van der Waals surface area contributed by atoms with Gasteiger partial charge in [-0.25, -0.2) is 4.98 Å². The second-order valence-corrected chi connectivity index (χ2v) is 9.13. The molecule has 0 bridgehead atoms. The summed E-state index contributed by atoms with van der Waals surface area (Å²) in [6.45, 7) is 6.22. The van der Waals surface area contributed by atoms with E-state index in [2.05, 4.69) is 10.3 Å². The molecule has 38 heavy (non-hydrogen) atoms. The Hall–Kier alpha value is -4.92. The summed E-state index contributed by atoms with van der Waals surface area (Å²) in [6.07, 6.45) is 0. The van der Waals surface area contributed by atoms with Crippen LogP contribution in [0.3, 0.4) is 0 Å². The topological polar surface area (TPSA) is 125 Å². The lowest BCUT2D eigenvalue weighted by atomic mass is 10.0. The van der Waals surface area contributed by atoms with Gasteiger partial charge in [-0.05, 0) is 62.2 Å². The van der Waals surface area contributed by atoms with Gasteiger partial charge in [0.1, 0.15) is 5.76 Å². The van der Waals surface area contributed by atoms with Gasteiger partial charge in [-0.1, -0.05) is 30.3 Å². The number of anilines is 1. The molecule has 3 N–H and O–H groups in total. The first-order valence-electron chi connectivity index (χ1n) is 12.2. The number of nitrogens with zero attached hydrogens (tertiary/aromatic N) is 3. The molecular formula is C29H27N5O4. The monoisotopic (exact) mass is 509 g/mol. The normalized spacial score (nSPS) is 11.2. The van der Waals surface area contributed by atoms with E-state index < -0.39 is 5.91 Å². The summed E-state index contributed by atoms with van der Waals surface area (Å²) in [7, 11) is 1.59. The van der Waals surface area contributed by atoms with Crippen molar-refractivity contribution >= 4 is 28.4 Å². The number of carbonyl (C=O) groups is 2. The average Bonchev–Trinajstić information content (AvgIpc) is 3.38. The van der Waals surface area contributed by atoms with Crippen molar-refractivity contribution in [2.24, 2.45) is 12.8 Å². The third kappa shape index (κ3) is 4.28. The Bertz CT molecular complexity index is 1770. The average molecular weight is 510 g/mol. The number of rotatable bonds is 6. The minimum Gasteiger partial charge on any atom is -0.381 e. The zero-order valence-corrected chi connectivity index (χ0v) is 21.5. The highest BCUT2D eigenvalue weighted by Gasteiger charge is 2.21. The molecule has 2 aromatic carbocycles. The van der Waals surface area contributed by atoms with Gasteiger partial charge in [0.05, 0.1) is 11.1 Å². The number of hydrogen-bond donors (Lipinski definition) is 2. The molecule has 9 heteroatoms. The Morgan fingerprint density at radius 1 is 1.03 bits per heavy atom. The predicted octanol–water partition coefficient (Wildman–Crippen LogP) is 4.65. The first-order chi connectivity index (χ1) is 18.2. The van der Waals surface area contributed by atoms with Crippen molar-refractivity contribution < 1.29 is 14.1 Å². The van der Waals surface area contributed by atoms with Crippen LogP contribution in [0.15, 0.2) is 70.0 Å². The van der Waals surface area contributed by atoms with E-state index in [4.69, 9.17) is 10.3 Å². The van der Waals surface area contributed by atoms with Gasteiger partial charge in [-0.2, -0.15) is 4.74 Å². The first kappa shape index (κ1) is 24.8. The van der Waals surface area contributed by atoms with Gasteiger partial charge < -0.3 is 20.1 Å². The molecular weight excluding hydrogens is 482 g/mol. The summed E-state index contributed by atoms with van der Waals surface area (Å²) in [6, 6.07) is 18.2. The molecule has 3 heterocycles. The number of benzene rings is 2. The van der Waals surface area contributed by atoms with Crippen LogP contribution in [-0.4, -0.2) is 26.1 Å². The van der Waals surface area contributed by atoms with Crippen LogP contribution in [-0.2, 0) is 13.6 Å². The SMILES string of the molecule is CCn1c(-c2ccc(-c3c(C)on(C)c3=O)cc2)cc2cc(C)nc(C(=O)Nc3cccc(C(N)=O)c3)c21. The molecule has 0 fully saturated rings. The van der Waals surface area contributed by atoms with Gasteiger partial charge in [-0.3, -0.25) is 14.4 Å². The molecule has 0 radical (unpaired) electrons. The molecule has 0 aliphatic rings. The van der Waals surface area contributed by atoms with Crippen molar-refractivity contribution in [1.82, 2.24) is 14.3 Å². The van der Waals surface area contributed by atoms with Gasteiger partial charge in [-0.15, -0.1) is 0 Å². The molecule has 5 aromatic rings. The van der Waals surface area contributed by atoms with Crippen LogP contribution in [0.25, 0.3) is 33.3 Å². The number of amides is 2. The van der Waals surface area contributed by atoms with Crippen LogP contribution in [0, 0.1) is 13.8 Å². The van der Waals surface area contributed by atoms with Crippen LogP contribution >= 0.6 is 0 Å². The van der Waals surface area contributed by atoms with E-state index in [1.54, 1.807) is 32.2 Å². The Morgan fingerprint density at radius 3 is 2.37 bits per heavy atom. The van der Waals surface area contributed by atoms with Crippen LogP contribution < -0.4 is 16.6 Å². The minimum atomic E-state index is -0.573. The Balaban J connectivity index is 1.57. The second-order valence-electron chi connectivity index (χ2n) is 9.13. The highest BCUT2D eigenvalue weighted by atomic mass is 16.5. The number of nitrogens with two attached hydrogens (primary N) is 1. The third-order valence-electron chi connectivity index (χ3n) is 6.53. The van der Waals surface area contributed by atoms with Crippen molar-refractivity contribution in [1.29, 1.82) is 0 Å². The van der Waals surface area contributed by atoms with E-state index in [1.807, 2.05) is 54.8 Å². The maximum absolute atomic E-state index is 13.4. The summed E-state index contributed by atoms with van der Waals surface area (Å²) >= 11 is 0. The Labute approximate surface area is 218 Å². The molecule has 9 nitrogen and oxygen atoms in total. The number of nitrogens with one attached hydrogen (secondary N) is 1. The number of carbonyl (C=O) groups excluding carboxylic acids is 2. The molecule has 0 aliphatic carbocycles. The summed E-state index contributed by atoms with van der Waals surface area (Å²) in [5, 5.41) is 3.73. The fourth-order valence-electron chi connectivity index (χ4n) is 4.83. The van der Waals surface area contributed by atoms with Crippen molar-refractivity contribution in [3.8, 4) is 22.4 Å². The zero-order chi connectivity index (χ0) is 27.1. The van der Waals surface area contributed by atoms with E-state index in [9.17, 15) is 14.4 Å². The molecule has 2 amide bonds. The fourth-order valence-corrected chi connectivity index (χ4v) is 4.83. The van der Waals surface area contributed by atoms with Gasteiger partial charge in [0.2, 0.25) is 5.91 Å². The maximum atomic E-state index is 13.4.